The fraction of sp³-hybridized carbons (Fsp3) is 0.143. The standard InChI is InChI=1S/C14H9Cl2F3/c15-10-4-2-5-12(17)9(10)7-11(16)8-3-1-6-13(18)14(8)19/h1-6,11H,7H2. The van der Waals surface area contributed by atoms with E-state index in [0.717, 1.165) is 6.07 Å². The van der Waals surface area contributed by atoms with Crippen molar-refractivity contribution < 1.29 is 13.2 Å². The number of benzene rings is 2. The molecule has 100 valence electrons. The minimum absolute atomic E-state index is 0.0130. The highest BCUT2D eigenvalue weighted by atomic mass is 35.5. The molecule has 0 spiro atoms. The van der Waals surface area contributed by atoms with E-state index in [9.17, 15) is 13.2 Å². The summed E-state index contributed by atoms with van der Waals surface area (Å²) in [6, 6.07) is 7.95. The molecule has 0 bridgehead atoms. The molecule has 2 aromatic rings. The molecule has 0 saturated heterocycles. The van der Waals surface area contributed by atoms with Gasteiger partial charge in [0.05, 0.1) is 5.38 Å². The van der Waals surface area contributed by atoms with Crippen molar-refractivity contribution in [1.82, 2.24) is 0 Å². The van der Waals surface area contributed by atoms with Crippen LogP contribution in [0.4, 0.5) is 13.2 Å². The van der Waals surface area contributed by atoms with Crippen molar-refractivity contribution in [1.29, 1.82) is 0 Å². The van der Waals surface area contributed by atoms with Gasteiger partial charge in [0.2, 0.25) is 0 Å². The van der Waals surface area contributed by atoms with Gasteiger partial charge in [-0.15, -0.1) is 11.6 Å². The van der Waals surface area contributed by atoms with Crippen molar-refractivity contribution in [3.05, 3.63) is 70.0 Å². The fourth-order valence-electron chi connectivity index (χ4n) is 1.78. The van der Waals surface area contributed by atoms with E-state index in [1.165, 1.54) is 30.3 Å². The van der Waals surface area contributed by atoms with Gasteiger partial charge < -0.3 is 0 Å². The molecule has 5 heteroatoms. The minimum Gasteiger partial charge on any atom is -0.207 e. The van der Waals surface area contributed by atoms with Gasteiger partial charge in [-0.25, -0.2) is 13.2 Å². The highest BCUT2D eigenvalue weighted by molar-refractivity contribution is 6.31. The van der Waals surface area contributed by atoms with Crippen LogP contribution in [0.1, 0.15) is 16.5 Å². The zero-order chi connectivity index (χ0) is 14.0. The van der Waals surface area contributed by atoms with Crippen molar-refractivity contribution in [2.24, 2.45) is 0 Å². The van der Waals surface area contributed by atoms with Crippen LogP contribution in [-0.2, 0) is 6.42 Å². The predicted octanol–water partition coefficient (Wildman–Crippen LogP) is 5.28. The summed E-state index contributed by atoms with van der Waals surface area (Å²) in [6.45, 7) is 0. The summed E-state index contributed by atoms with van der Waals surface area (Å²) in [5.41, 5.74) is 0.175. The number of hydrogen-bond donors (Lipinski definition) is 0. The van der Waals surface area contributed by atoms with Crippen molar-refractivity contribution in [3.8, 4) is 0 Å². The van der Waals surface area contributed by atoms with E-state index in [4.69, 9.17) is 23.2 Å². The summed E-state index contributed by atoms with van der Waals surface area (Å²) < 4.78 is 40.3. The van der Waals surface area contributed by atoms with E-state index >= 15 is 0 Å². The van der Waals surface area contributed by atoms with Crippen LogP contribution in [0.3, 0.4) is 0 Å². The third-order valence-electron chi connectivity index (χ3n) is 2.76. The van der Waals surface area contributed by atoms with Gasteiger partial charge in [-0.2, -0.15) is 0 Å². The Morgan fingerprint density at radius 2 is 1.58 bits per heavy atom. The second-order valence-electron chi connectivity index (χ2n) is 4.01. The van der Waals surface area contributed by atoms with Gasteiger partial charge in [-0.05, 0) is 24.6 Å². The Labute approximate surface area is 118 Å². The third-order valence-corrected chi connectivity index (χ3v) is 3.51. The lowest BCUT2D eigenvalue weighted by atomic mass is 10.0. The fourth-order valence-corrected chi connectivity index (χ4v) is 2.34. The van der Waals surface area contributed by atoms with Crippen LogP contribution in [0, 0.1) is 17.5 Å². The van der Waals surface area contributed by atoms with Crippen LogP contribution in [-0.4, -0.2) is 0 Å². The second kappa shape index (κ2) is 5.85. The molecule has 1 atom stereocenters. The zero-order valence-corrected chi connectivity index (χ0v) is 11.2. The monoisotopic (exact) mass is 304 g/mol. The number of halogens is 5. The molecule has 1 unspecified atom stereocenters. The molecule has 2 aromatic carbocycles. The first-order valence-corrected chi connectivity index (χ1v) is 6.33. The molecule has 0 amide bonds. The zero-order valence-electron chi connectivity index (χ0n) is 9.64. The van der Waals surface area contributed by atoms with Gasteiger partial charge in [0.25, 0.3) is 0 Å². The first-order valence-electron chi connectivity index (χ1n) is 5.51. The van der Waals surface area contributed by atoms with E-state index in [1.54, 1.807) is 0 Å². The minimum atomic E-state index is -1.02. The number of rotatable bonds is 3. The summed E-state index contributed by atoms with van der Waals surface area (Å²) in [6.07, 6.45) is -0.0204. The topological polar surface area (TPSA) is 0 Å². The number of alkyl halides is 1. The first kappa shape index (κ1) is 14.2. The van der Waals surface area contributed by atoms with Crippen molar-refractivity contribution in [3.63, 3.8) is 0 Å². The molecule has 0 aromatic heterocycles. The summed E-state index contributed by atoms with van der Waals surface area (Å²) >= 11 is 11.9. The lowest BCUT2D eigenvalue weighted by Crippen LogP contribution is -2.03. The van der Waals surface area contributed by atoms with Crippen LogP contribution in [0.15, 0.2) is 36.4 Å². The van der Waals surface area contributed by atoms with Gasteiger partial charge >= 0.3 is 0 Å². The highest BCUT2D eigenvalue weighted by Crippen LogP contribution is 2.31. The van der Waals surface area contributed by atoms with Crippen molar-refractivity contribution in [2.45, 2.75) is 11.8 Å². The van der Waals surface area contributed by atoms with Crippen LogP contribution < -0.4 is 0 Å². The summed E-state index contributed by atoms with van der Waals surface area (Å²) in [7, 11) is 0. The maximum atomic E-state index is 13.6. The van der Waals surface area contributed by atoms with Gasteiger partial charge in [-0.1, -0.05) is 29.8 Å². The molecule has 0 radical (unpaired) electrons. The Bertz CT molecular complexity index is 579. The van der Waals surface area contributed by atoms with Gasteiger partial charge in [0.15, 0.2) is 11.6 Å². The summed E-state index contributed by atoms with van der Waals surface area (Å²) in [5, 5.41) is -0.687. The molecule has 0 fully saturated rings. The lowest BCUT2D eigenvalue weighted by molar-refractivity contribution is 0.496. The normalized spacial score (nSPS) is 12.5. The summed E-state index contributed by atoms with van der Waals surface area (Å²) in [4.78, 5) is 0. The van der Waals surface area contributed by atoms with Gasteiger partial charge in [0.1, 0.15) is 5.82 Å². The van der Waals surface area contributed by atoms with E-state index in [-0.39, 0.29) is 22.6 Å². The molecule has 0 heterocycles. The van der Waals surface area contributed by atoms with E-state index in [2.05, 4.69) is 0 Å². The second-order valence-corrected chi connectivity index (χ2v) is 4.95. The molecule has 19 heavy (non-hydrogen) atoms. The third kappa shape index (κ3) is 3.04. The van der Waals surface area contributed by atoms with Crippen LogP contribution in [0.2, 0.25) is 5.02 Å². The van der Waals surface area contributed by atoms with Crippen LogP contribution >= 0.6 is 23.2 Å². The Morgan fingerprint density at radius 1 is 0.947 bits per heavy atom. The average Bonchev–Trinajstić information content (AvgIpc) is 2.37. The van der Waals surface area contributed by atoms with E-state index in [1.807, 2.05) is 0 Å². The lowest BCUT2D eigenvalue weighted by Gasteiger charge is -2.13. The maximum absolute atomic E-state index is 13.6. The molecule has 0 aliphatic rings. The predicted molar refractivity (Wildman–Crippen MR) is 70.1 cm³/mol. The Morgan fingerprint density at radius 3 is 2.26 bits per heavy atom. The molecule has 0 nitrogen and oxygen atoms in total. The summed E-state index contributed by atoms with van der Waals surface area (Å²) in [5.74, 6) is -2.52. The largest absolute Gasteiger partial charge is 0.207 e. The first-order chi connectivity index (χ1) is 9.00. The smallest absolute Gasteiger partial charge is 0.163 e. The van der Waals surface area contributed by atoms with Gasteiger partial charge in [-0.3, -0.25) is 0 Å². The quantitative estimate of drug-likeness (QED) is 0.677. The average molecular weight is 305 g/mol. The molecule has 0 aliphatic heterocycles. The van der Waals surface area contributed by atoms with Crippen LogP contribution in [0.25, 0.3) is 0 Å². The Hall–Kier alpha value is -1.19. The molecule has 0 saturated carbocycles. The van der Waals surface area contributed by atoms with E-state index < -0.39 is 22.8 Å². The SMILES string of the molecule is Fc1cccc(C(Cl)Cc2c(F)cccc2Cl)c1F. The van der Waals surface area contributed by atoms with Crippen LogP contribution in [0.5, 0.6) is 0 Å². The molecular weight excluding hydrogens is 296 g/mol. The molecule has 0 aliphatic carbocycles. The van der Waals surface area contributed by atoms with Crippen molar-refractivity contribution in [2.75, 3.05) is 0 Å². The molecule has 0 N–H and O–H groups in total. The van der Waals surface area contributed by atoms with Crippen molar-refractivity contribution >= 4 is 23.2 Å². The number of hydrogen-bond acceptors (Lipinski definition) is 0. The Balaban J connectivity index is 2.31. The Kier molecular flexibility index (Phi) is 4.38. The van der Waals surface area contributed by atoms with E-state index in [0.29, 0.717) is 0 Å². The highest BCUT2D eigenvalue weighted by Gasteiger charge is 2.19. The maximum Gasteiger partial charge on any atom is 0.163 e. The molecule has 2 rings (SSSR count). The van der Waals surface area contributed by atoms with Gasteiger partial charge in [0, 0.05) is 16.1 Å². The molecular formula is C14H9Cl2F3.